The third-order valence-corrected chi connectivity index (χ3v) is 5.41. The quantitative estimate of drug-likeness (QED) is 0.636. The Balaban J connectivity index is 1.43. The number of quaternary nitrogens is 1. The highest BCUT2D eigenvalue weighted by Gasteiger charge is 2.27. The van der Waals surface area contributed by atoms with Crippen molar-refractivity contribution in [3.8, 4) is 23.3 Å². The van der Waals surface area contributed by atoms with Gasteiger partial charge in [0.05, 0.1) is 45.4 Å². The van der Waals surface area contributed by atoms with Gasteiger partial charge in [-0.2, -0.15) is 5.26 Å². The molecular weight excluding hydrogens is 385 g/mol. The van der Waals surface area contributed by atoms with Crippen molar-refractivity contribution >= 4 is 18.5 Å². The van der Waals surface area contributed by atoms with Crippen LogP contribution in [0, 0.1) is 11.3 Å². The molecule has 1 amide bonds. The summed E-state index contributed by atoms with van der Waals surface area (Å²) in [6.45, 7) is 3.46. The first-order valence-electron chi connectivity index (χ1n) is 9.90. The number of nitriles is 1. The number of hydrogen-bond acceptors (Lipinski definition) is 6. The normalized spacial score (nSPS) is 16.2. The van der Waals surface area contributed by atoms with Crippen LogP contribution in [0.4, 0.5) is 0 Å². The van der Waals surface area contributed by atoms with Gasteiger partial charge in [0.2, 0.25) is 0 Å². The number of likely N-dealkylation sites (N-methyl/N-ethyl adjacent to an activating group) is 1. The number of amides is 1. The standard InChI is InChI=1S/C21H22BN3O5/c1-24-6-8-25(9-7-24)21(26)14-28-20-11-18(3-2-15(20)12-23)30-17-4-5-19-16(10-17)13-29-22(19)27/h2-5,10-11,27H,6-9,13-14H2,1H3/p+1. The summed E-state index contributed by atoms with van der Waals surface area (Å²) in [5.74, 6) is 1.29. The highest BCUT2D eigenvalue weighted by atomic mass is 16.5. The Morgan fingerprint density at radius 2 is 2.00 bits per heavy atom. The molecule has 2 aromatic rings. The van der Waals surface area contributed by atoms with E-state index in [4.69, 9.17) is 14.1 Å². The van der Waals surface area contributed by atoms with E-state index in [2.05, 4.69) is 13.1 Å². The maximum atomic E-state index is 12.4. The Kier molecular flexibility index (Phi) is 5.90. The number of piperazine rings is 1. The summed E-state index contributed by atoms with van der Waals surface area (Å²) < 4.78 is 16.8. The first-order valence-corrected chi connectivity index (χ1v) is 9.90. The number of nitrogens with one attached hydrogen (secondary N) is 1. The summed E-state index contributed by atoms with van der Waals surface area (Å²) in [4.78, 5) is 15.6. The SMILES string of the molecule is C[NH+]1CCN(C(=O)COc2cc(Oc3ccc4c(c3)COB4O)ccc2C#N)CC1. The monoisotopic (exact) mass is 408 g/mol. The summed E-state index contributed by atoms with van der Waals surface area (Å²) >= 11 is 0. The third kappa shape index (κ3) is 4.41. The summed E-state index contributed by atoms with van der Waals surface area (Å²) in [7, 11) is 1.21. The van der Waals surface area contributed by atoms with Gasteiger partial charge in [-0.25, -0.2) is 0 Å². The van der Waals surface area contributed by atoms with E-state index < -0.39 is 7.12 Å². The molecule has 4 rings (SSSR count). The molecule has 2 heterocycles. The van der Waals surface area contributed by atoms with Crippen molar-refractivity contribution in [2.45, 2.75) is 6.61 Å². The van der Waals surface area contributed by atoms with Crippen LogP contribution in [0.5, 0.6) is 17.2 Å². The molecule has 0 spiro atoms. The van der Waals surface area contributed by atoms with Gasteiger partial charge in [0.15, 0.2) is 6.61 Å². The highest BCUT2D eigenvalue weighted by molar-refractivity contribution is 6.61. The van der Waals surface area contributed by atoms with Gasteiger partial charge >= 0.3 is 7.12 Å². The van der Waals surface area contributed by atoms with E-state index in [1.54, 1.807) is 35.2 Å². The molecule has 0 saturated carbocycles. The molecule has 0 unspecified atom stereocenters. The number of hydrogen-bond donors (Lipinski definition) is 2. The van der Waals surface area contributed by atoms with Crippen molar-refractivity contribution < 1.29 is 28.8 Å². The molecule has 0 aromatic heterocycles. The van der Waals surface area contributed by atoms with Crippen LogP contribution in [-0.2, 0) is 16.1 Å². The van der Waals surface area contributed by atoms with E-state index in [-0.39, 0.29) is 12.5 Å². The van der Waals surface area contributed by atoms with Crippen molar-refractivity contribution in [3.63, 3.8) is 0 Å². The second kappa shape index (κ2) is 8.75. The van der Waals surface area contributed by atoms with Crippen LogP contribution >= 0.6 is 0 Å². The number of carbonyl (C=O) groups excluding carboxylic acids is 1. The minimum Gasteiger partial charge on any atom is -0.482 e. The number of carbonyl (C=O) groups is 1. The fourth-order valence-electron chi connectivity index (χ4n) is 3.55. The van der Waals surface area contributed by atoms with Gasteiger partial charge < -0.3 is 29.0 Å². The van der Waals surface area contributed by atoms with E-state index in [9.17, 15) is 15.1 Å². The maximum absolute atomic E-state index is 12.4. The van der Waals surface area contributed by atoms with Crippen LogP contribution in [0.2, 0.25) is 0 Å². The molecule has 8 nitrogen and oxygen atoms in total. The van der Waals surface area contributed by atoms with Crippen molar-refractivity contribution in [2.24, 2.45) is 0 Å². The van der Waals surface area contributed by atoms with Crippen LogP contribution in [0.3, 0.4) is 0 Å². The minimum atomic E-state index is -0.900. The first-order chi connectivity index (χ1) is 14.5. The molecule has 30 heavy (non-hydrogen) atoms. The predicted molar refractivity (Wildman–Crippen MR) is 109 cm³/mol. The lowest BCUT2D eigenvalue weighted by atomic mass is 9.80. The Morgan fingerprint density at radius 3 is 2.77 bits per heavy atom. The molecule has 2 N–H and O–H groups in total. The van der Waals surface area contributed by atoms with Gasteiger partial charge in [0.25, 0.3) is 5.91 Å². The van der Waals surface area contributed by atoms with E-state index in [1.165, 1.54) is 4.90 Å². The smallest absolute Gasteiger partial charge is 0.482 e. The highest BCUT2D eigenvalue weighted by Crippen LogP contribution is 2.29. The van der Waals surface area contributed by atoms with Crippen molar-refractivity contribution in [2.75, 3.05) is 39.8 Å². The Labute approximate surface area is 175 Å². The zero-order valence-corrected chi connectivity index (χ0v) is 16.8. The van der Waals surface area contributed by atoms with Gasteiger partial charge in [-0.3, -0.25) is 4.79 Å². The van der Waals surface area contributed by atoms with E-state index in [0.717, 1.165) is 24.1 Å². The fourth-order valence-corrected chi connectivity index (χ4v) is 3.55. The zero-order valence-electron chi connectivity index (χ0n) is 16.8. The topological polar surface area (TPSA) is 96.5 Å². The molecule has 9 heteroatoms. The van der Waals surface area contributed by atoms with Gasteiger partial charge in [-0.05, 0) is 35.3 Å². The van der Waals surface area contributed by atoms with Crippen LogP contribution in [0.1, 0.15) is 11.1 Å². The predicted octanol–water partition coefficient (Wildman–Crippen LogP) is -0.696. The lowest BCUT2D eigenvalue weighted by molar-refractivity contribution is -0.883. The summed E-state index contributed by atoms with van der Waals surface area (Å²) in [6, 6.07) is 12.3. The van der Waals surface area contributed by atoms with Crippen molar-refractivity contribution in [1.29, 1.82) is 5.26 Å². The fraction of sp³-hybridized carbons (Fsp3) is 0.333. The van der Waals surface area contributed by atoms with Gasteiger partial charge in [0, 0.05) is 6.07 Å². The first kappa shape index (κ1) is 20.2. The lowest BCUT2D eigenvalue weighted by Gasteiger charge is -2.30. The number of fused-ring (bicyclic) bond motifs is 1. The van der Waals surface area contributed by atoms with Crippen LogP contribution in [-0.4, -0.2) is 62.8 Å². The van der Waals surface area contributed by atoms with Gasteiger partial charge in [-0.15, -0.1) is 0 Å². The average molecular weight is 408 g/mol. The average Bonchev–Trinajstić information content (AvgIpc) is 3.13. The molecule has 0 bridgehead atoms. The Hall–Kier alpha value is -3.06. The van der Waals surface area contributed by atoms with Crippen molar-refractivity contribution in [3.05, 3.63) is 47.5 Å². The molecule has 0 radical (unpaired) electrons. The van der Waals surface area contributed by atoms with Crippen LogP contribution < -0.4 is 19.8 Å². The van der Waals surface area contributed by atoms with Crippen molar-refractivity contribution in [1.82, 2.24) is 4.90 Å². The molecule has 1 saturated heterocycles. The molecular formula is C21H23BN3O5+. The molecule has 0 atom stereocenters. The zero-order chi connectivity index (χ0) is 21.1. The molecule has 2 aliphatic heterocycles. The number of nitrogens with zero attached hydrogens (tertiary/aromatic N) is 2. The summed E-state index contributed by atoms with van der Waals surface area (Å²) in [5, 5.41) is 19.1. The van der Waals surface area contributed by atoms with Gasteiger partial charge in [-0.1, -0.05) is 6.07 Å². The molecule has 2 aromatic carbocycles. The lowest BCUT2D eigenvalue weighted by Crippen LogP contribution is -3.12. The maximum Gasteiger partial charge on any atom is 0.491 e. The largest absolute Gasteiger partial charge is 0.491 e. The number of benzene rings is 2. The van der Waals surface area contributed by atoms with Gasteiger partial charge in [0.1, 0.15) is 23.3 Å². The molecule has 2 aliphatic rings. The van der Waals surface area contributed by atoms with E-state index >= 15 is 0 Å². The summed E-state index contributed by atoms with van der Waals surface area (Å²) in [5.41, 5.74) is 1.93. The third-order valence-electron chi connectivity index (χ3n) is 5.41. The molecule has 0 aliphatic carbocycles. The number of rotatable bonds is 5. The second-order valence-electron chi connectivity index (χ2n) is 7.52. The molecule has 154 valence electrons. The van der Waals surface area contributed by atoms with E-state index in [1.807, 2.05) is 6.07 Å². The molecule has 1 fully saturated rings. The summed E-state index contributed by atoms with van der Waals surface area (Å²) in [6.07, 6.45) is 0. The van der Waals surface area contributed by atoms with E-state index in [0.29, 0.717) is 42.5 Å². The Morgan fingerprint density at radius 1 is 1.27 bits per heavy atom. The van der Waals surface area contributed by atoms with Crippen LogP contribution in [0.15, 0.2) is 36.4 Å². The second-order valence-corrected chi connectivity index (χ2v) is 7.52. The van der Waals surface area contributed by atoms with Crippen LogP contribution in [0.25, 0.3) is 0 Å². The minimum absolute atomic E-state index is 0.0881. The number of ether oxygens (including phenoxy) is 2. The Bertz CT molecular complexity index is 985.